The summed E-state index contributed by atoms with van der Waals surface area (Å²) in [5, 5.41) is 0. The summed E-state index contributed by atoms with van der Waals surface area (Å²) in [5.41, 5.74) is 0. The number of rotatable bonds is 2. The van der Waals surface area contributed by atoms with E-state index in [1.165, 1.54) is 0 Å². The van der Waals surface area contributed by atoms with E-state index in [2.05, 4.69) is 4.31 Å². The SMILES string of the molecule is O=[P+]([O-])O[P+](=O)[O-].[Pb+2]. The molecule has 0 rings (SSSR count). The third kappa shape index (κ3) is 10.1. The van der Waals surface area contributed by atoms with Crippen molar-refractivity contribution in [1.29, 1.82) is 0 Å². The molecule has 0 saturated carbocycles. The normalized spacial score (nSPS) is 11.8. The molecule has 0 N–H and O–H groups in total. The summed E-state index contributed by atoms with van der Waals surface area (Å²) in [4.78, 5) is 18.5. The van der Waals surface area contributed by atoms with Crippen LogP contribution in [0.5, 0.6) is 0 Å². The predicted molar refractivity (Wildman–Crippen MR) is 22.1 cm³/mol. The molecule has 0 aromatic rings. The summed E-state index contributed by atoms with van der Waals surface area (Å²) >= 11 is 0. The molecule has 0 aromatic carbocycles. The zero-order chi connectivity index (χ0) is 5.86. The zero-order valence-corrected chi connectivity index (χ0v) is 9.11. The second kappa shape index (κ2) is 6.13. The molecule has 0 saturated heterocycles. The van der Waals surface area contributed by atoms with Crippen LogP contribution in [0.2, 0.25) is 0 Å². The quantitative estimate of drug-likeness (QED) is 0.455. The molecule has 0 fully saturated rings. The van der Waals surface area contributed by atoms with Gasteiger partial charge in [-0.15, -0.1) is 0 Å². The number of hydrogen-bond acceptors (Lipinski definition) is 5. The first kappa shape index (κ1) is 11.8. The van der Waals surface area contributed by atoms with Gasteiger partial charge in [0.1, 0.15) is 4.31 Å². The Morgan fingerprint density at radius 2 is 1.38 bits per heavy atom. The van der Waals surface area contributed by atoms with Crippen molar-refractivity contribution in [2.75, 3.05) is 0 Å². The summed E-state index contributed by atoms with van der Waals surface area (Å²) < 4.78 is 21.6. The third-order valence-electron chi connectivity index (χ3n) is 0.133. The van der Waals surface area contributed by atoms with Crippen LogP contribution in [0.4, 0.5) is 0 Å². The van der Waals surface area contributed by atoms with Gasteiger partial charge < -0.3 is 9.79 Å². The summed E-state index contributed by atoms with van der Waals surface area (Å²) in [6, 6.07) is 0. The smallest absolute Gasteiger partial charge is 0.563 e. The van der Waals surface area contributed by atoms with Gasteiger partial charge in [0.2, 0.25) is 0 Å². The topological polar surface area (TPSA) is 89.5 Å². The summed E-state index contributed by atoms with van der Waals surface area (Å²) in [6.45, 7) is 0. The van der Waals surface area contributed by atoms with Crippen molar-refractivity contribution in [3.63, 3.8) is 0 Å². The van der Waals surface area contributed by atoms with Gasteiger partial charge in [-0.25, -0.2) is 0 Å². The van der Waals surface area contributed by atoms with E-state index >= 15 is 0 Å². The second-order valence-corrected chi connectivity index (χ2v) is 2.08. The molecule has 5 nitrogen and oxygen atoms in total. The first-order valence-electron chi connectivity index (χ1n) is 1.10. The van der Waals surface area contributed by atoms with Gasteiger partial charge >= 0.3 is 43.8 Å². The maximum atomic E-state index is 9.24. The molecule has 0 aliphatic rings. The van der Waals surface area contributed by atoms with Crippen molar-refractivity contribution in [3.05, 3.63) is 0 Å². The minimum absolute atomic E-state index is 0. The molecule has 2 radical (unpaired) electrons. The molecule has 0 spiro atoms. The van der Waals surface area contributed by atoms with Gasteiger partial charge in [-0.05, 0) is 9.13 Å². The van der Waals surface area contributed by atoms with E-state index in [1.807, 2.05) is 0 Å². The van der Waals surface area contributed by atoms with Crippen molar-refractivity contribution in [3.8, 4) is 0 Å². The molecule has 8 heavy (non-hydrogen) atoms. The molecule has 0 aliphatic carbocycles. The minimum Gasteiger partial charge on any atom is -0.563 e. The van der Waals surface area contributed by atoms with E-state index in [4.69, 9.17) is 0 Å². The average molecular weight is 349 g/mol. The molecule has 0 bridgehead atoms. The van der Waals surface area contributed by atoms with E-state index in [0.717, 1.165) is 0 Å². The van der Waals surface area contributed by atoms with Crippen LogP contribution in [0, 0.1) is 0 Å². The van der Waals surface area contributed by atoms with E-state index < -0.39 is 16.5 Å². The molecule has 0 aromatic heterocycles. The molecular formula is O5P2Pb+2. The van der Waals surface area contributed by atoms with Gasteiger partial charge in [-0.1, -0.05) is 0 Å². The average Bonchev–Trinajstić information content (AvgIpc) is 1.27. The largest absolute Gasteiger partial charge is 2.00 e. The molecule has 2 atom stereocenters. The van der Waals surface area contributed by atoms with Crippen LogP contribution in [0.25, 0.3) is 0 Å². The molecule has 0 aliphatic heterocycles. The first-order chi connectivity index (χ1) is 3.13. The molecule has 8 heteroatoms. The maximum Gasteiger partial charge on any atom is 2.00 e. The molecule has 2 unspecified atom stereocenters. The Balaban J connectivity index is 0. The molecule has 42 valence electrons. The summed E-state index contributed by atoms with van der Waals surface area (Å²) in [5.74, 6) is 0. The van der Waals surface area contributed by atoms with Crippen LogP contribution >= 0.6 is 16.5 Å². The van der Waals surface area contributed by atoms with Gasteiger partial charge in [-0.2, -0.15) is 0 Å². The summed E-state index contributed by atoms with van der Waals surface area (Å²) in [7, 11) is -6.47. The molecule has 0 heterocycles. The van der Waals surface area contributed by atoms with Crippen LogP contribution < -0.4 is 9.79 Å². The van der Waals surface area contributed by atoms with Gasteiger partial charge in [0, 0.05) is 0 Å². The Kier molecular flexibility index (Phi) is 9.00. The monoisotopic (exact) mass is 350 g/mol. The molecule has 0 amide bonds. The Hall–Kier alpha value is 1.00. The van der Waals surface area contributed by atoms with E-state index in [1.54, 1.807) is 0 Å². The second-order valence-electron chi connectivity index (χ2n) is 0.529. The van der Waals surface area contributed by atoms with Crippen LogP contribution in [0.1, 0.15) is 0 Å². The minimum atomic E-state index is -3.24. The Morgan fingerprint density at radius 3 is 1.38 bits per heavy atom. The van der Waals surface area contributed by atoms with E-state index in [-0.39, 0.29) is 27.3 Å². The molecular weight excluding hydrogens is 349 g/mol. The van der Waals surface area contributed by atoms with E-state index in [9.17, 15) is 18.9 Å². The van der Waals surface area contributed by atoms with Crippen LogP contribution in [-0.2, 0) is 13.4 Å². The third-order valence-corrected chi connectivity index (χ3v) is 1.20. The Morgan fingerprint density at radius 1 is 1.12 bits per heavy atom. The van der Waals surface area contributed by atoms with Crippen molar-refractivity contribution in [1.82, 2.24) is 0 Å². The predicted octanol–water partition coefficient (Wildman–Crippen LogP) is -1.34. The van der Waals surface area contributed by atoms with Crippen molar-refractivity contribution >= 4 is 43.8 Å². The fourth-order valence-electron chi connectivity index (χ4n) is 0.0544. The van der Waals surface area contributed by atoms with Gasteiger partial charge in [0.05, 0.1) is 0 Å². The Labute approximate surface area is 67.1 Å². The van der Waals surface area contributed by atoms with Crippen molar-refractivity contribution in [2.24, 2.45) is 0 Å². The number of hydrogen-bond donors (Lipinski definition) is 0. The Bertz CT molecular complexity index is 86.6. The fourth-order valence-corrected chi connectivity index (χ4v) is 0.490. The standard InChI is InChI=1S/O5P2.Pb/c1-6(2)5-7(3)4;/q;+2. The van der Waals surface area contributed by atoms with Crippen LogP contribution in [0.3, 0.4) is 0 Å². The fraction of sp³-hybridized carbons (Fsp3) is 0. The summed E-state index contributed by atoms with van der Waals surface area (Å²) in [6.07, 6.45) is 0. The maximum absolute atomic E-state index is 9.24. The van der Waals surface area contributed by atoms with Crippen molar-refractivity contribution < 1.29 is 23.2 Å². The van der Waals surface area contributed by atoms with Crippen molar-refractivity contribution in [2.45, 2.75) is 0 Å². The van der Waals surface area contributed by atoms with Gasteiger partial charge in [0.25, 0.3) is 0 Å². The van der Waals surface area contributed by atoms with Gasteiger partial charge in [-0.3, -0.25) is 0 Å². The van der Waals surface area contributed by atoms with E-state index in [0.29, 0.717) is 0 Å². The van der Waals surface area contributed by atoms with Gasteiger partial charge in [0.15, 0.2) is 0 Å². The van der Waals surface area contributed by atoms with Crippen LogP contribution in [0.15, 0.2) is 0 Å². The zero-order valence-electron chi connectivity index (χ0n) is 3.44. The van der Waals surface area contributed by atoms with Crippen LogP contribution in [-0.4, -0.2) is 27.3 Å². The first-order valence-corrected chi connectivity index (χ1v) is 3.29.